The van der Waals surface area contributed by atoms with Crippen LogP contribution in [0.5, 0.6) is 17.2 Å². The second kappa shape index (κ2) is 8.75. The van der Waals surface area contributed by atoms with Crippen molar-refractivity contribution in [1.82, 2.24) is 15.5 Å². The Morgan fingerprint density at radius 3 is 2.07 bits per heavy atom. The van der Waals surface area contributed by atoms with E-state index < -0.39 is 0 Å². The third-order valence-electron chi connectivity index (χ3n) is 4.12. The van der Waals surface area contributed by atoms with Crippen LogP contribution in [0.1, 0.15) is 39.6 Å². The second-order valence-corrected chi connectivity index (χ2v) is 6.76. The molecule has 1 N–H and O–H groups in total. The molecule has 0 aliphatic carbocycles. The molecule has 2 rings (SSSR count). The van der Waals surface area contributed by atoms with Gasteiger partial charge in [-0.1, -0.05) is 32.9 Å². The minimum atomic E-state index is -0.372. The van der Waals surface area contributed by atoms with E-state index in [1.54, 1.807) is 26.4 Å². The summed E-state index contributed by atoms with van der Waals surface area (Å²) in [5, 5.41) is 7.01. The van der Waals surface area contributed by atoms with Crippen LogP contribution in [0.3, 0.4) is 0 Å². The molecule has 8 nitrogen and oxygen atoms in total. The number of aromatic nitrogens is 2. The summed E-state index contributed by atoms with van der Waals surface area (Å²) in [4.78, 5) is 16.6. The third kappa shape index (κ3) is 4.50. The first-order valence-electron chi connectivity index (χ1n) is 8.76. The first kappa shape index (κ1) is 20.5. The molecule has 0 radical (unpaired) electrons. The molecule has 0 bridgehead atoms. The Labute approximate surface area is 159 Å². The summed E-state index contributed by atoms with van der Waals surface area (Å²) in [5.41, 5.74) is 0.650. The number of carbonyl (C=O) groups excluding carboxylic acids is 1. The summed E-state index contributed by atoms with van der Waals surface area (Å²) >= 11 is 0. The molecule has 8 heteroatoms. The highest BCUT2D eigenvalue weighted by atomic mass is 16.5. The number of amides is 1. The predicted octanol–water partition coefficient (Wildman–Crippen LogP) is 3.23. The molecular formula is C19H27N3O5. The fourth-order valence-electron chi connectivity index (χ4n) is 2.52. The molecule has 1 aromatic heterocycles. The van der Waals surface area contributed by atoms with Crippen LogP contribution in [0.15, 0.2) is 16.7 Å². The molecule has 148 valence electrons. The zero-order valence-electron chi connectivity index (χ0n) is 16.8. The molecule has 1 atom stereocenters. The van der Waals surface area contributed by atoms with Gasteiger partial charge in [-0.2, -0.15) is 4.98 Å². The van der Waals surface area contributed by atoms with E-state index in [1.807, 2.05) is 27.7 Å². The van der Waals surface area contributed by atoms with Gasteiger partial charge in [0, 0.05) is 11.5 Å². The van der Waals surface area contributed by atoms with Gasteiger partial charge in [-0.25, -0.2) is 0 Å². The average molecular weight is 377 g/mol. The van der Waals surface area contributed by atoms with Crippen molar-refractivity contribution in [2.75, 3.05) is 21.3 Å². The summed E-state index contributed by atoms with van der Waals surface area (Å²) in [6, 6.07) is 3.11. The first-order chi connectivity index (χ1) is 12.8. The highest BCUT2D eigenvalue weighted by Crippen LogP contribution is 2.40. The van der Waals surface area contributed by atoms with Gasteiger partial charge in [0.2, 0.25) is 23.4 Å². The predicted molar refractivity (Wildman–Crippen MR) is 99.9 cm³/mol. The van der Waals surface area contributed by atoms with Crippen molar-refractivity contribution in [3.63, 3.8) is 0 Å². The van der Waals surface area contributed by atoms with Crippen molar-refractivity contribution in [2.24, 2.45) is 11.8 Å². The lowest BCUT2D eigenvalue weighted by Gasteiger charge is -2.19. The molecule has 1 amide bonds. The average Bonchev–Trinajstić information content (AvgIpc) is 3.13. The van der Waals surface area contributed by atoms with Crippen LogP contribution in [-0.4, -0.2) is 37.4 Å². The number of nitrogens with zero attached hydrogens (tertiary/aromatic N) is 2. The maximum atomic E-state index is 12.1. The van der Waals surface area contributed by atoms with Gasteiger partial charge in [-0.15, -0.1) is 0 Å². The number of methoxy groups -OCH3 is 3. The smallest absolute Gasteiger partial charge is 0.249 e. The zero-order valence-corrected chi connectivity index (χ0v) is 16.8. The number of carbonyl (C=O) groups is 1. The number of hydrogen-bond donors (Lipinski definition) is 1. The van der Waals surface area contributed by atoms with E-state index in [1.165, 1.54) is 7.11 Å². The summed E-state index contributed by atoms with van der Waals surface area (Å²) in [6.45, 7) is 7.63. The van der Waals surface area contributed by atoms with Crippen LogP contribution in [0.4, 0.5) is 0 Å². The molecule has 0 fully saturated rings. The molecule has 0 spiro atoms. The maximum Gasteiger partial charge on any atom is 0.249 e. The molecule has 0 unspecified atom stereocenters. The Kier molecular flexibility index (Phi) is 6.65. The number of hydrogen-bond acceptors (Lipinski definition) is 7. The van der Waals surface area contributed by atoms with E-state index in [0.29, 0.717) is 34.5 Å². The van der Waals surface area contributed by atoms with E-state index in [9.17, 15) is 4.79 Å². The minimum absolute atomic E-state index is 0.0683. The Balaban J connectivity index is 2.40. The van der Waals surface area contributed by atoms with Crippen molar-refractivity contribution in [1.29, 1.82) is 0 Å². The van der Waals surface area contributed by atoms with Crippen LogP contribution in [-0.2, 0) is 4.79 Å². The fraction of sp³-hybridized carbons (Fsp3) is 0.526. The zero-order chi connectivity index (χ0) is 20.1. The summed E-state index contributed by atoms with van der Waals surface area (Å²) in [5.74, 6) is 2.07. The van der Waals surface area contributed by atoms with Gasteiger partial charge in [-0.3, -0.25) is 4.79 Å². The first-order valence-corrected chi connectivity index (χ1v) is 8.76. The highest BCUT2D eigenvalue weighted by molar-refractivity contribution is 5.78. The van der Waals surface area contributed by atoms with Crippen LogP contribution >= 0.6 is 0 Å². The van der Waals surface area contributed by atoms with Crippen LogP contribution in [0.25, 0.3) is 11.4 Å². The lowest BCUT2D eigenvalue weighted by atomic mass is 10.0. The Bertz CT molecular complexity index is 760. The van der Waals surface area contributed by atoms with Gasteiger partial charge in [0.05, 0.1) is 21.3 Å². The molecule has 1 aromatic carbocycles. The van der Waals surface area contributed by atoms with Crippen LogP contribution < -0.4 is 19.5 Å². The molecular weight excluding hydrogens is 350 g/mol. The fourth-order valence-corrected chi connectivity index (χ4v) is 2.52. The van der Waals surface area contributed by atoms with E-state index in [0.717, 1.165) is 0 Å². The number of ether oxygens (including phenoxy) is 3. The van der Waals surface area contributed by atoms with Gasteiger partial charge in [0.1, 0.15) is 6.04 Å². The standard InChI is InChI=1S/C19H27N3O5/c1-10(2)15(20-18(23)11(3)4)19-21-17(22-27-19)12-8-13(24-5)16(26-7)14(9-12)25-6/h8-11,15H,1-7H3,(H,20,23)/t15-/m1/s1. The van der Waals surface area contributed by atoms with Crippen LogP contribution in [0, 0.1) is 11.8 Å². The van der Waals surface area contributed by atoms with Crippen molar-refractivity contribution < 1.29 is 23.5 Å². The molecule has 0 saturated carbocycles. The van der Waals surface area contributed by atoms with Gasteiger partial charge in [-0.05, 0) is 18.1 Å². The quantitative estimate of drug-likeness (QED) is 0.754. The van der Waals surface area contributed by atoms with E-state index in [-0.39, 0.29) is 23.8 Å². The Morgan fingerprint density at radius 1 is 1.04 bits per heavy atom. The SMILES string of the molecule is COc1cc(-c2noc([C@H](NC(=O)C(C)C)C(C)C)n2)cc(OC)c1OC. The van der Waals surface area contributed by atoms with Crippen LogP contribution in [0.2, 0.25) is 0 Å². The van der Waals surface area contributed by atoms with Gasteiger partial charge in [0.25, 0.3) is 0 Å². The molecule has 2 aromatic rings. The van der Waals surface area contributed by atoms with E-state index >= 15 is 0 Å². The van der Waals surface area contributed by atoms with Crippen molar-refractivity contribution in [3.8, 4) is 28.6 Å². The summed E-state index contributed by atoms with van der Waals surface area (Å²) in [6.07, 6.45) is 0. The Hall–Kier alpha value is -2.77. The molecule has 27 heavy (non-hydrogen) atoms. The van der Waals surface area contributed by atoms with Gasteiger partial charge in [0.15, 0.2) is 11.5 Å². The van der Waals surface area contributed by atoms with Crippen molar-refractivity contribution >= 4 is 5.91 Å². The van der Waals surface area contributed by atoms with Crippen molar-refractivity contribution in [2.45, 2.75) is 33.7 Å². The van der Waals surface area contributed by atoms with Gasteiger partial charge >= 0.3 is 0 Å². The highest BCUT2D eigenvalue weighted by Gasteiger charge is 2.26. The molecule has 0 aliphatic heterocycles. The van der Waals surface area contributed by atoms with E-state index in [2.05, 4.69) is 15.5 Å². The molecule has 0 aliphatic rings. The number of benzene rings is 1. The largest absolute Gasteiger partial charge is 0.493 e. The van der Waals surface area contributed by atoms with Gasteiger partial charge < -0.3 is 24.1 Å². The number of rotatable bonds is 8. The van der Waals surface area contributed by atoms with E-state index in [4.69, 9.17) is 18.7 Å². The maximum absolute atomic E-state index is 12.1. The van der Waals surface area contributed by atoms with Crippen molar-refractivity contribution in [3.05, 3.63) is 18.0 Å². The minimum Gasteiger partial charge on any atom is -0.493 e. The topological polar surface area (TPSA) is 95.7 Å². The number of nitrogens with one attached hydrogen (secondary N) is 1. The lowest BCUT2D eigenvalue weighted by Crippen LogP contribution is -2.34. The Morgan fingerprint density at radius 2 is 1.63 bits per heavy atom. The summed E-state index contributed by atoms with van der Waals surface area (Å²) in [7, 11) is 4.62. The monoisotopic (exact) mass is 377 g/mol. The summed E-state index contributed by atoms with van der Waals surface area (Å²) < 4.78 is 21.5. The lowest BCUT2D eigenvalue weighted by molar-refractivity contribution is -0.125. The normalized spacial score (nSPS) is 12.2. The second-order valence-electron chi connectivity index (χ2n) is 6.76. The molecule has 0 saturated heterocycles. The third-order valence-corrected chi connectivity index (χ3v) is 4.12. The molecule has 1 heterocycles.